The second-order valence-corrected chi connectivity index (χ2v) is 9.03. The van der Waals surface area contributed by atoms with Crippen LogP contribution in [0.25, 0.3) is 0 Å². The van der Waals surface area contributed by atoms with Crippen LogP contribution in [0.4, 0.5) is 0 Å². The first kappa shape index (κ1) is 18.6. The van der Waals surface area contributed by atoms with Crippen LogP contribution in [0.5, 0.6) is 0 Å². The molecule has 1 heterocycles. The summed E-state index contributed by atoms with van der Waals surface area (Å²) in [4.78, 5) is 0. The molecule has 142 valence electrons. The Labute approximate surface area is 160 Å². The lowest BCUT2D eigenvalue weighted by Gasteiger charge is -2.35. The minimum Gasteiger partial charge on any atom is -0.405 e. The van der Waals surface area contributed by atoms with Crippen molar-refractivity contribution in [3.05, 3.63) is 35.9 Å². The minimum absolute atomic E-state index is 0.0194. The summed E-state index contributed by atoms with van der Waals surface area (Å²) in [7, 11) is -0.0194. The summed E-state index contributed by atoms with van der Waals surface area (Å²) in [6.07, 6.45) is 15.5. The molecule has 26 heavy (non-hydrogen) atoms. The van der Waals surface area contributed by atoms with Gasteiger partial charge in [0.25, 0.3) is 0 Å². The van der Waals surface area contributed by atoms with Gasteiger partial charge in [0.2, 0.25) is 0 Å². The van der Waals surface area contributed by atoms with Crippen molar-refractivity contribution < 1.29 is 9.31 Å². The van der Waals surface area contributed by atoms with Gasteiger partial charge >= 0.3 is 7.12 Å². The van der Waals surface area contributed by atoms with Gasteiger partial charge in [-0.1, -0.05) is 75.8 Å². The number of benzene rings is 1. The van der Waals surface area contributed by atoms with E-state index in [9.17, 15) is 0 Å². The molecule has 0 radical (unpaired) electrons. The largest absolute Gasteiger partial charge is 0.460 e. The molecule has 3 atom stereocenters. The molecular weight excluding hydrogens is 319 g/mol. The lowest BCUT2D eigenvalue weighted by molar-refractivity contribution is 0.0324. The highest BCUT2D eigenvalue weighted by atomic mass is 16.7. The molecule has 0 amide bonds. The average Bonchev–Trinajstić information content (AvgIpc) is 3.16. The van der Waals surface area contributed by atoms with Crippen molar-refractivity contribution >= 4 is 7.12 Å². The highest BCUT2D eigenvalue weighted by molar-refractivity contribution is 6.47. The monoisotopic (exact) mass is 354 g/mol. The predicted molar refractivity (Wildman–Crippen MR) is 108 cm³/mol. The third-order valence-electron chi connectivity index (χ3n) is 7.00. The second kappa shape index (κ2) is 8.93. The minimum atomic E-state index is -0.0194. The Hall–Kier alpha value is -0.795. The molecule has 0 spiro atoms. The molecule has 0 bridgehead atoms. The fourth-order valence-electron chi connectivity index (χ4n) is 5.53. The Morgan fingerprint density at radius 2 is 1.31 bits per heavy atom. The zero-order valence-corrected chi connectivity index (χ0v) is 16.4. The summed E-state index contributed by atoms with van der Waals surface area (Å²) >= 11 is 0. The zero-order chi connectivity index (χ0) is 17.8. The molecular formula is C23H35BO2. The summed E-state index contributed by atoms with van der Waals surface area (Å²) in [5, 5.41) is 0. The Bertz CT molecular complexity index is 510. The van der Waals surface area contributed by atoms with E-state index in [0.717, 1.165) is 18.3 Å². The van der Waals surface area contributed by atoms with Gasteiger partial charge in [-0.05, 0) is 55.3 Å². The van der Waals surface area contributed by atoms with Crippen LogP contribution < -0.4 is 0 Å². The van der Waals surface area contributed by atoms with E-state index in [1.165, 1.54) is 69.8 Å². The molecule has 2 saturated carbocycles. The van der Waals surface area contributed by atoms with E-state index in [4.69, 9.17) is 9.31 Å². The molecule has 3 fully saturated rings. The van der Waals surface area contributed by atoms with Crippen LogP contribution in [-0.4, -0.2) is 19.3 Å². The Kier molecular flexibility index (Phi) is 6.38. The molecule has 2 nitrogen and oxygen atoms in total. The summed E-state index contributed by atoms with van der Waals surface area (Å²) < 4.78 is 13.4. The van der Waals surface area contributed by atoms with Crippen LogP contribution in [0.15, 0.2) is 30.3 Å². The van der Waals surface area contributed by atoms with Gasteiger partial charge in [0, 0.05) is 0 Å². The Morgan fingerprint density at radius 1 is 0.808 bits per heavy atom. The highest BCUT2D eigenvalue weighted by Gasteiger charge is 2.48. The molecule has 1 aliphatic heterocycles. The smallest absolute Gasteiger partial charge is 0.405 e. The Morgan fingerprint density at radius 3 is 1.81 bits per heavy atom. The number of rotatable bonds is 5. The Balaban J connectivity index is 1.44. The summed E-state index contributed by atoms with van der Waals surface area (Å²) in [6.45, 7) is 2.30. The van der Waals surface area contributed by atoms with Gasteiger partial charge in [0.15, 0.2) is 0 Å². The van der Waals surface area contributed by atoms with Crippen molar-refractivity contribution in [2.75, 3.05) is 0 Å². The molecule has 0 unspecified atom stereocenters. The zero-order valence-electron chi connectivity index (χ0n) is 16.4. The van der Waals surface area contributed by atoms with Crippen LogP contribution in [0.1, 0.15) is 76.7 Å². The fraction of sp³-hybridized carbons (Fsp3) is 0.739. The van der Waals surface area contributed by atoms with Crippen molar-refractivity contribution in [3.8, 4) is 0 Å². The molecule has 3 aliphatic rings. The van der Waals surface area contributed by atoms with Crippen LogP contribution >= 0.6 is 0 Å². The maximum absolute atomic E-state index is 6.68. The summed E-state index contributed by atoms with van der Waals surface area (Å²) in [5.41, 5.74) is 1.39. The van der Waals surface area contributed by atoms with E-state index in [-0.39, 0.29) is 7.12 Å². The third-order valence-corrected chi connectivity index (χ3v) is 7.00. The van der Waals surface area contributed by atoms with Crippen molar-refractivity contribution in [3.63, 3.8) is 0 Å². The first-order valence-electron chi connectivity index (χ1n) is 11.2. The normalized spacial score (nSPS) is 29.8. The second-order valence-electron chi connectivity index (χ2n) is 9.03. The number of hydrogen-bond acceptors (Lipinski definition) is 2. The van der Waals surface area contributed by atoms with Gasteiger partial charge in [-0.15, -0.1) is 0 Å². The van der Waals surface area contributed by atoms with Gasteiger partial charge in [0.05, 0.1) is 12.2 Å². The maximum Gasteiger partial charge on any atom is 0.460 e. The fourth-order valence-corrected chi connectivity index (χ4v) is 5.53. The van der Waals surface area contributed by atoms with Crippen molar-refractivity contribution in [1.82, 2.24) is 0 Å². The van der Waals surface area contributed by atoms with Crippen LogP contribution in [0.3, 0.4) is 0 Å². The van der Waals surface area contributed by atoms with E-state index >= 15 is 0 Å². The summed E-state index contributed by atoms with van der Waals surface area (Å²) in [6, 6.07) is 10.8. The predicted octanol–water partition coefficient (Wildman–Crippen LogP) is 6.05. The van der Waals surface area contributed by atoms with Crippen LogP contribution in [-0.2, 0) is 15.7 Å². The van der Waals surface area contributed by atoms with E-state index in [0.29, 0.717) is 18.0 Å². The van der Waals surface area contributed by atoms with Gasteiger partial charge < -0.3 is 9.31 Å². The van der Waals surface area contributed by atoms with Gasteiger partial charge in [-0.25, -0.2) is 0 Å². The number of hydrogen-bond donors (Lipinski definition) is 0. The van der Waals surface area contributed by atoms with Gasteiger partial charge in [-0.2, -0.15) is 0 Å². The SMILES string of the molecule is C[C@@H](Cc1ccccc1)B1O[C@H](C2CCCCC2)[C@@H](C2CCCCC2)O1. The topological polar surface area (TPSA) is 18.5 Å². The first-order chi connectivity index (χ1) is 12.8. The molecule has 0 N–H and O–H groups in total. The molecule has 4 rings (SSSR count). The van der Waals surface area contributed by atoms with Gasteiger partial charge in [-0.3, -0.25) is 0 Å². The van der Waals surface area contributed by atoms with Crippen LogP contribution in [0, 0.1) is 11.8 Å². The molecule has 3 heteroatoms. The average molecular weight is 354 g/mol. The summed E-state index contributed by atoms with van der Waals surface area (Å²) in [5.74, 6) is 1.87. The standard InChI is InChI=1S/C23H35BO2/c1-18(17-19-11-5-2-6-12-19)24-25-22(20-13-7-3-8-14-20)23(26-24)21-15-9-4-10-16-21/h2,5-6,11-12,18,20-23H,3-4,7-10,13-17H2,1H3/t18-,22+,23+/m0/s1. The highest BCUT2D eigenvalue weighted by Crippen LogP contribution is 2.42. The van der Waals surface area contributed by atoms with E-state index in [1.807, 2.05) is 0 Å². The lowest BCUT2D eigenvalue weighted by Crippen LogP contribution is -2.38. The van der Waals surface area contributed by atoms with E-state index in [1.54, 1.807) is 0 Å². The van der Waals surface area contributed by atoms with E-state index < -0.39 is 0 Å². The molecule has 2 aliphatic carbocycles. The lowest BCUT2D eigenvalue weighted by atomic mass is 9.70. The quantitative estimate of drug-likeness (QED) is 0.599. The van der Waals surface area contributed by atoms with Crippen molar-refractivity contribution in [2.45, 2.75) is 95.6 Å². The molecule has 1 aromatic rings. The molecule has 0 aromatic heterocycles. The molecule has 1 saturated heterocycles. The maximum atomic E-state index is 6.68. The molecule has 1 aromatic carbocycles. The van der Waals surface area contributed by atoms with Crippen molar-refractivity contribution in [2.24, 2.45) is 11.8 Å². The van der Waals surface area contributed by atoms with Crippen molar-refractivity contribution in [1.29, 1.82) is 0 Å². The first-order valence-corrected chi connectivity index (χ1v) is 11.2. The van der Waals surface area contributed by atoms with Gasteiger partial charge in [0.1, 0.15) is 0 Å². The van der Waals surface area contributed by atoms with Crippen LogP contribution in [0.2, 0.25) is 5.82 Å². The third kappa shape index (κ3) is 4.36. The van der Waals surface area contributed by atoms with E-state index in [2.05, 4.69) is 37.3 Å².